The SMILES string of the molecule is NC(=O)c1n[nH]nc1-c1cc(Cl)cc([N+](=O)[O-])c1. The lowest BCUT2D eigenvalue weighted by molar-refractivity contribution is -0.384. The van der Waals surface area contributed by atoms with E-state index in [1.165, 1.54) is 18.2 Å². The van der Waals surface area contributed by atoms with Gasteiger partial charge in [-0.25, -0.2) is 0 Å². The molecule has 0 aliphatic heterocycles. The fourth-order valence-electron chi connectivity index (χ4n) is 1.42. The minimum absolute atomic E-state index is 0.105. The number of carbonyl (C=O) groups is 1. The fourth-order valence-corrected chi connectivity index (χ4v) is 1.65. The van der Waals surface area contributed by atoms with E-state index in [4.69, 9.17) is 17.3 Å². The van der Waals surface area contributed by atoms with Gasteiger partial charge < -0.3 is 5.73 Å². The highest BCUT2D eigenvalue weighted by atomic mass is 35.5. The second-order valence-electron chi connectivity index (χ2n) is 3.34. The summed E-state index contributed by atoms with van der Waals surface area (Å²) in [4.78, 5) is 21.2. The Labute approximate surface area is 105 Å². The van der Waals surface area contributed by atoms with Gasteiger partial charge in [-0.1, -0.05) is 11.6 Å². The molecule has 0 atom stereocenters. The molecule has 9 heteroatoms. The van der Waals surface area contributed by atoms with Gasteiger partial charge in [-0.2, -0.15) is 15.4 Å². The number of nitro groups is 1. The molecular formula is C9H6ClN5O3. The maximum atomic E-state index is 11.1. The first-order valence-electron chi connectivity index (χ1n) is 4.65. The van der Waals surface area contributed by atoms with Crippen LogP contribution in [0, 0.1) is 10.1 Å². The molecule has 3 N–H and O–H groups in total. The highest BCUT2D eigenvalue weighted by molar-refractivity contribution is 6.31. The molecule has 0 bridgehead atoms. The Morgan fingerprint density at radius 2 is 2.11 bits per heavy atom. The minimum atomic E-state index is -0.790. The Morgan fingerprint density at radius 3 is 2.72 bits per heavy atom. The maximum absolute atomic E-state index is 11.1. The average molecular weight is 268 g/mol. The lowest BCUT2D eigenvalue weighted by Gasteiger charge is -2.00. The van der Waals surface area contributed by atoms with Gasteiger partial charge in [-0.15, -0.1) is 0 Å². The molecule has 8 nitrogen and oxygen atoms in total. The number of nitrogens with one attached hydrogen (secondary N) is 1. The van der Waals surface area contributed by atoms with E-state index < -0.39 is 10.8 Å². The fraction of sp³-hybridized carbons (Fsp3) is 0. The molecule has 2 aromatic rings. The smallest absolute Gasteiger partial charge is 0.271 e. The zero-order chi connectivity index (χ0) is 13.3. The number of carbonyl (C=O) groups excluding carboxylic acids is 1. The summed E-state index contributed by atoms with van der Waals surface area (Å²) in [7, 11) is 0. The van der Waals surface area contributed by atoms with Crippen LogP contribution < -0.4 is 5.73 Å². The van der Waals surface area contributed by atoms with Crippen molar-refractivity contribution in [3.8, 4) is 11.3 Å². The number of nitro benzene ring substituents is 1. The Kier molecular flexibility index (Phi) is 2.94. The number of aromatic amines is 1. The Balaban J connectivity index is 2.60. The predicted molar refractivity (Wildman–Crippen MR) is 62.0 cm³/mol. The summed E-state index contributed by atoms with van der Waals surface area (Å²) in [5.41, 5.74) is 5.19. The Morgan fingerprint density at radius 1 is 1.39 bits per heavy atom. The molecule has 92 valence electrons. The van der Waals surface area contributed by atoms with Gasteiger partial charge in [-0.05, 0) is 6.07 Å². The number of halogens is 1. The van der Waals surface area contributed by atoms with Crippen LogP contribution in [-0.2, 0) is 0 Å². The van der Waals surface area contributed by atoms with Gasteiger partial charge in [0.2, 0.25) is 0 Å². The molecule has 18 heavy (non-hydrogen) atoms. The third-order valence-electron chi connectivity index (χ3n) is 2.15. The van der Waals surface area contributed by atoms with Crippen LogP contribution in [0.15, 0.2) is 18.2 Å². The first kappa shape index (κ1) is 12.0. The summed E-state index contributed by atoms with van der Waals surface area (Å²) >= 11 is 5.76. The molecule has 0 fully saturated rings. The molecule has 1 amide bonds. The molecule has 0 radical (unpaired) electrons. The minimum Gasteiger partial charge on any atom is -0.364 e. The van der Waals surface area contributed by atoms with Crippen LogP contribution in [0.3, 0.4) is 0 Å². The second kappa shape index (κ2) is 4.41. The molecule has 1 aromatic heterocycles. The number of non-ortho nitro benzene ring substituents is 1. The highest BCUT2D eigenvalue weighted by Gasteiger charge is 2.18. The lowest BCUT2D eigenvalue weighted by atomic mass is 10.1. The van der Waals surface area contributed by atoms with E-state index in [1.54, 1.807) is 0 Å². The maximum Gasteiger partial charge on any atom is 0.271 e. The average Bonchev–Trinajstić information content (AvgIpc) is 2.76. The van der Waals surface area contributed by atoms with E-state index in [1.807, 2.05) is 0 Å². The summed E-state index contributed by atoms with van der Waals surface area (Å²) < 4.78 is 0. The van der Waals surface area contributed by atoms with Gasteiger partial charge in [0, 0.05) is 22.7 Å². The van der Waals surface area contributed by atoms with Crippen LogP contribution >= 0.6 is 11.6 Å². The van der Waals surface area contributed by atoms with Crippen molar-refractivity contribution in [2.75, 3.05) is 0 Å². The van der Waals surface area contributed by atoms with E-state index in [2.05, 4.69) is 15.4 Å². The van der Waals surface area contributed by atoms with Crippen LogP contribution in [-0.4, -0.2) is 26.2 Å². The van der Waals surface area contributed by atoms with Crippen molar-refractivity contribution in [2.45, 2.75) is 0 Å². The van der Waals surface area contributed by atoms with Crippen molar-refractivity contribution in [3.05, 3.63) is 39.0 Å². The van der Waals surface area contributed by atoms with Crippen LogP contribution in [0.2, 0.25) is 5.02 Å². The van der Waals surface area contributed by atoms with Crippen LogP contribution in [0.4, 0.5) is 5.69 Å². The molecule has 0 unspecified atom stereocenters. The van der Waals surface area contributed by atoms with Gasteiger partial charge in [0.25, 0.3) is 11.6 Å². The first-order valence-corrected chi connectivity index (χ1v) is 5.02. The van der Waals surface area contributed by atoms with Crippen molar-refractivity contribution in [1.82, 2.24) is 15.4 Å². The van der Waals surface area contributed by atoms with Crippen molar-refractivity contribution in [3.63, 3.8) is 0 Å². The zero-order valence-electron chi connectivity index (χ0n) is 8.75. The van der Waals surface area contributed by atoms with E-state index in [9.17, 15) is 14.9 Å². The summed E-state index contributed by atoms with van der Waals surface area (Å²) in [5, 5.41) is 20.4. The number of hydrogen-bond acceptors (Lipinski definition) is 5. The number of aromatic nitrogens is 3. The lowest BCUT2D eigenvalue weighted by Crippen LogP contribution is -2.12. The number of rotatable bonds is 3. The third-order valence-corrected chi connectivity index (χ3v) is 2.37. The third kappa shape index (κ3) is 2.13. The number of nitrogens with zero attached hydrogens (tertiary/aromatic N) is 3. The Hall–Kier alpha value is -2.48. The summed E-state index contributed by atoms with van der Waals surface area (Å²) in [6.07, 6.45) is 0. The second-order valence-corrected chi connectivity index (χ2v) is 3.78. The highest BCUT2D eigenvalue weighted by Crippen LogP contribution is 2.28. The van der Waals surface area contributed by atoms with Crippen molar-refractivity contribution >= 4 is 23.2 Å². The van der Waals surface area contributed by atoms with Crippen molar-refractivity contribution in [2.24, 2.45) is 5.73 Å². The Bertz CT molecular complexity index is 639. The number of primary amides is 1. The molecule has 0 spiro atoms. The molecule has 1 aromatic carbocycles. The van der Waals surface area contributed by atoms with Gasteiger partial charge >= 0.3 is 0 Å². The van der Waals surface area contributed by atoms with Crippen LogP contribution in [0.25, 0.3) is 11.3 Å². The standard InChI is InChI=1S/C9H6ClN5O3/c10-5-1-4(2-6(3-5)15(17)18)7-8(9(11)16)13-14-12-7/h1-3H,(H2,11,16)(H,12,13,14). The zero-order valence-corrected chi connectivity index (χ0v) is 9.51. The quantitative estimate of drug-likeness (QED) is 0.636. The molecule has 0 aliphatic carbocycles. The normalized spacial score (nSPS) is 10.3. The molecule has 0 saturated heterocycles. The predicted octanol–water partition coefficient (Wildman–Crippen LogP) is 1.13. The largest absolute Gasteiger partial charge is 0.364 e. The summed E-state index contributed by atoms with van der Waals surface area (Å²) in [5.74, 6) is -0.790. The first-order chi connectivity index (χ1) is 8.49. The van der Waals surface area contributed by atoms with Crippen LogP contribution in [0.5, 0.6) is 0 Å². The van der Waals surface area contributed by atoms with E-state index in [0.29, 0.717) is 0 Å². The van der Waals surface area contributed by atoms with Crippen LogP contribution in [0.1, 0.15) is 10.5 Å². The van der Waals surface area contributed by atoms with Gasteiger partial charge in [-0.3, -0.25) is 14.9 Å². The molecule has 2 rings (SSSR count). The van der Waals surface area contributed by atoms with E-state index in [0.717, 1.165) is 0 Å². The van der Waals surface area contributed by atoms with Gasteiger partial charge in [0.15, 0.2) is 5.69 Å². The molecule has 0 saturated carbocycles. The van der Waals surface area contributed by atoms with E-state index in [-0.39, 0.29) is 27.7 Å². The molecule has 1 heterocycles. The van der Waals surface area contributed by atoms with E-state index >= 15 is 0 Å². The number of benzene rings is 1. The van der Waals surface area contributed by atoms with Crippen molar-refractivity contribution in [1.29, 1.82) is 0 Å². The summed E-state index contributed by atoms with van der Waals surface area (Å²) in [6.45, 7) is 0. The number of H-pyrrole nitrogens is 1. The number of nitrogens with two attached hydrogens (primary N) is 1. The van der Waals surface area contributed by atoms with Crippen molar-refractivity contribution < 1.29 is 9.72 Å². The monoisotopic (exact) mass is 267 g/mol. The molecular weight excluding hydrogens is 262 g/mol. The molecule has 0 aliphatic rings. The summed E-state index contributed by atoms with van der Waals surface area (Å²) in [6, 6.07) is 3.85. The number of hydrogen-bond donors (Lipinski definition) is 2. The van der Waals surface area contributed by atoms with Gasteiger partial charge in [0.1, 0.15) is 5.69 Å². The number of amides is 1. The topological polar surface area (TPSA) is 128 Å². The van der Waals surface area contributed by atoms with Gasteiger partial charge in [0.05, 0.1) is 4.92 Å².